The molecule has 0 aliphatic heterocycles. The average Bonchev–Trinajstić information content (AvgIpc) is 2.08. The first kappa shape index (κ1) is 17.6. The first-order valence-corrected chi connectivity index (χ1v) is 6.83. The Kier molecular flexibility index (Phi) is 6.02. The second-order valence-corrected chi connectivity index (χ2v) is 7.36. The quantitative estimate of drug-likeness (QED) is 0.822. The van der Waals surface area contributed by atoms with Crippen LogP contribution in [0.3, 0.4) is 0 Å². The van der Waals surface area contributed by atoms with Gasteiger partial charge in [-0.05, 0) is 48.5 Å². The van der Waals surface area contributed by atoms with Crippen LogP contribution in [0.1, 0.15) is 62.3 Å². The summed E-state index contributed by atoms with van der Waals surface area (Å²) < 4.78 is 5.93. The van der Waals surface area contributed by atoms with E-state index in [1.54, 1.807) is 0 Å². The van der Waals surface area contributed by atoms with Crippen LogP contribution in [-0.4, -0.2) is 29.1 Å². The highest BCUT2D eigenvalue weighted by atomic mass is 16.5. The second kappa shape index (κ2) is 6.16. The molecule has 108 valence electrons. The van der Waals surface area contributed by atoms with Crippen molar-refractivity contribution < 1.29 is 9.53 Å². The zero-order valence-electron chi connectivity index (χ0n) is 13.5. The van der Waals surface area contributed by atoms with Gasteiger partial charge in [-0.2, -0.15) is 0 Å². The van der Waals surface area contributed by atoms with Gasteiger partial charge in [-0.15, -0.1) is 0 Å². The van der Waals surface area contributed by atoms with Crippen molar-refractivity contribution in [3.8, 4) is 0 Å². The van der Waals surface area contributed by atoms with Crippen molar-refractivity contribution in [1.82, 2.24) is 5.32 Å². The van der Waals surface area contributed by atoms with Crippen molar-refractivity contribution in [2.75, 3.05) is 0 Å². The predicted octanol–water partition coefficient (Wildman–Crippen LogP) is 3.17. The first-order chi connectivity index (χ1) is 7.83. The molecule has 0 aliphatic carbocycles. The summed E-state index contributed by atoms with van der Waals surface area (Å²) in [6.07, 6.45) is -0.140. The van der Waals surface area contributed by atoms with E-state index >= 15 is 0 Å². The van der Waals surface area contributed by atoms with Crippen molar-refractivity contribution in [1.29, 1.82) is 0 Å². The van der Waals surface area contributed by atoms with Gasteiger partial charge in [0.25, 0.3) is 0 Å². The first-order valence-electron chi connectivity index (χ1n) is 6.83. The van der Waals surface area contributed by atoms with E-state index in [2.05, 4.69) is 26.1 Å². The van der Waals surface area contributed by atoms with Crippen LogP contribution in [0, 0.1) is 5.92 Å². The minimum Gasteiger partial charge on any atom is -0.371 e. The van der Waals surface area contributed by atoms with E-state index in [4.69, 9.17) is 4.74 Å². The SMILES string of the molecule is CC(C)C(=O)C(NC(C)(C)C)C(C)OC(C)(C)C. The Bertz CT molecular complexity index is 271. The van der Waals surface area contributed by atoms with E-state index in [1.807, 2.05) is 41.5 Å². The maximum absolute atomic E-state index is 12.3. The number of nitrogens with one attached hydrogen (secondary N) is 1. The van der Waals surface area contributed by atoms with Crippen LogP contribution in [0.2, 0.25) is 0 Å². The van der Waals surface area contributed by atoms with Crippen LogP contribution in [0.25, 0.3) is 0 Å². The van der Waals surface area contributed by atoms with E-state index in [0.717, 1.165) is 0 Å². The van der Waals surface area contributed by atoms with Crippen molar-refractivity contribution >= 4 is 5.78 Å². The number of hydrogen-bond donors (Lipinski definition) is 1. The molecule has 0 heterocycles. The highest BCUT2D eigenvalue weighted by Gasteiger charge is 2.32. The lowest BCUT2D eigenvalue weighted by Crippen LogP contribution is -2.55. The average molecular weight is 257 g/mol. The van der Waals surface area contributed by atoms with E-state index in [-0.39, 0.29) is 35.0 Å². The highest BCUT2D eigenvalue weighted by molar-refractivity contribution is 5.86. The van der Waals surface area contributed by atoms with Crippen molar-refractivity contribution in [3.05, 3.63) is 0 Å². The summed E-state index contributed by atoms with van der Waals surface area (Å²) >= 11 is 0. The third kappa shape index (κ3) is 7.12. The zero-order chi connectivity index (χ0) is 14.7. The normalized spacial score (nSPS) is 16.8. The lowest BCUT2D eigenvalue weighted by molar-refractivity contribution is -0.133. The number of carbonyl (C=O) groups excluding carboxylic acids is 1. The number of hydrogen-bond acceptors (Lipinski definition) is 3. The van der Waals surface area contributed by atoms with Crippen LogP contribution in [0.5, 0.6) is 0 Å². The lowest BCUT2D eigenvalue weighted by atomic mass is 9.94. The summed E-state index contributed by atoms with van der Waals surface area (Å²) in [7, 11) is 0. The molecule has 0 spiro atoms. The maximum Gasteiger partial charge on any atom is 0.154 e. The fourth-order valence-electron chi connectivity index (χ4n) is 1.87. The molecule has 3 heteroatoms. The fourth-order valence-corrected chi connectivity index (χ4v) is 1.87. The van der Waals surface area contributed by atoms with Crippen LogP contribution >= 0.6 is 0 Å². The Morgan fingerprint density at radius 1 is 1.00 bits per heavy atom. The van der Waals surface area contributed by atoms with Crippen molar-refractivity contribution in [2.24, 2.45) is 5.92 Å². The highest BCUT2D eigenvalue weighted by Crippen LogP contribution is 2.17. The summed E-state index contributed by atoms with van der Waals surface area (Å²) in [6.45, 7) is 18.1. The molecule has 0 aromatic heterocycles. The molecule has 0 radical (unpaired) electrons. The molecule has 0 amide bonds. The Hall–Kier alpha value is -0.410. The number of Topliss-reactive ketones (excluding diaryl/α,β-unsaturated/α-hetero) is 1. The fraction of sp³-hybridized carbons (Fsp3) is 0.933. The van der Waals surface area contributed by atoms with Crippen LogP contribution in [0.4, 0.5) is 0 Å². The van der Waals surface area contributed by atoms with E-state index in [1.165, 1.54) is 0 Å². The van der Waals surface area contributed by atoms with Gasteiger partial charge in [-0.3, -0.25) is 4.79 Å². The summed E-state index contributed by atoms with van der Waals surface area (Å²) in [5.74, 6) is 0.220. The molecule has 3 nitrogen and oxygen atoms in total. The minimum absolute atomic E-state index is 0.0101. The zero-order valence-corrected chi connectivity index (χ0v) is 13.5. The molecule has 1 N–H and O–H groups in total. The molecule has 2 unspecified atom stereocenters. The van der Waals surface area contributed by atoms with Gasteiger partial charge in [0, 0.05) is 11.5 Å². The Morgan fingerprint density at radius 3 is 1.72 bits per heavy atom. The summed E-state index contributed by atoms with van der Waals surface area (Å²) in [5.41, 5.74) is -0.348. The van der Waals surface area contributed by atoms with E-state index < -0.39 is 0 Å². The third-order valence-corrected chi connectivity index (χ3v) is 2.47. The second-order valence-electron chi connectivity index (χ2n) is 7.36. The number of rotatable bonds is 5. The molecule has 0 rings (SSSR count). The predicted molar refractivity (Wildman–Crippen MR) is 76.8 cm³/mol. The molecule has 0 saturated carbocycles. The van der Waals surface area contributed by atoms with Gasteiger partial charge >= 0.3 is 0 Å². The molecule has 0 bridgehead atoms. The molecule has 0 saturated heterocycles. The molecule has 0 aromatic carbocycles. The van der Waals surface area contributed by atoms with Gasteiger partial charge < -0.3 is 10.1 Å². The van der Waals surface area contributed by atoms with Gasteiger partial charge in [0.05, 0.1) is 17.7 Å². The summed E-state index contributed by atoms with van der Waals surface area (Å²) in [6, 6.07) is -0.260. The number of carbonyl (C=O) groups is 1. The summed E-state index contributed by atoms with van der Waals surface area (Å²) in [4.78, 5) is 12.3. The van der Waals surface area contributed by atoms with Crippen molar-refractivity contribution in [3.63, 3.8) is 0 Å². The molecule has 0 fully saturated rings. The topological polar surface area (TPSA) is 38.3 Å². The molecule has 0 aromatic rings. The standard InChI is InChI=1S/C15H31NO2/c1-10(2)13(17)12(16-14(4,5)6)11(3)18-15(7,8)9/h10-12,16H,1-9H3. The Balaban J connectivity index is 4.92. The van der Waals surface area contributed by atoms with Gasteiger partial charge in [-0.1, -0.05) is 13.8 Å². The molecule has 18 heavy (non-hydrogen) atoms. The van der Waals surface area contributed by atoms with Gasteiger partial charge in [0.1, 0.15) is 0 Å². The van der Waals surface area contributed by atoms with Gasteiger partial charge in [-0.25, -0.2) is 0 Å². The minimum atomic E-state index is -0.260. The number of ether oxygens (including phenoxy) is 1. The Morgan fingerprint density at radius 2 is 1.44 bits per heavy atom. The molecule has 2 atom stereocenters. The Labute approximate surface area is 113 Å². The molecular weight excluding hydrogens is 226 g/mol. The van der Waals surface area contributed by atoms with E-state index in [0.29, 0.717) is 0 Å². The maximum atomic E-state index is 12.3. The monoisotopic (exact) mass is 257 g/mol. The van der Waals surface area contributed by atoms with Crippen LogP contribution in [0.15, 0.2) is 0 Å². The van der Waals surface area contributed by atoms with Crippen LogP contribution < -0.4 is 5.32 Å². The number of ketones is 1. The molecule has 0 aliphatic rings. The van der Waals surface area contributed by atoms with Gasteiger partial charge in [0.2, 0.25) is 0 Å². The van der Waals surface area contributed by atoms with Crippen molar-refractivity contribution in [2.45, 2.75) is 85.6 Å². The largest absolute Gasteiger partial charge is 0.371 e. The van der Waals surface area contributed by atoms with Gasteiger partial charge in [0.15, 0.2) is 5.78 Å². The molecular formula is C15H31NO2. The summed E-state index contributed by atoms with van der Waals surface area (Å²) in [5, 5.41) is 3.39. The van der Waals surface area contributed by atoms with Crippen LogP contribution in [-0.2, 0) is 9.53 Å². The lowest BCUT2D eigenvalue weighted by Gasteiger charge is -2.35. The smallest absolute Gasteiger partial charge is 0.154 e. The third-order valence-electron chi connectivity index (χ3n) is 2.47. The van der Waals surface area contributed by atoms with E-state index in [9.17, 15) is 4.79 Å².